The van der Waals surface area contributed by atoms with Gasteiger partial charge in [0.1, 0.15) is 11.3 Å². The largest absolute Gasteiger partial charge is 0.467 e. The fraction of sp³-hybridized carbons (Fsp3) is 0.688. The van der Waals surface area contributed by atoms with Gasteiger partial charge in [-0.3, -0.25) is 4.79 Å². The predicted octanol–water partition coefficient (Wildman–Crippen LogP) is 2.16. The van der Waals surface area contributed by atoms with Crippen molar-refractivity contribution < 1.29 is 13.9 Å². The summed E-state index contributed by atoms with van der Waals surface area (Å²) >= 11 is 0. The molecule has 0 spiro atoms. The summed E-state index contributed by atoms with van der Waals surface area (Å²) in [5.74, 6) is 0.745. The fourth-order valence-corrected chi connectivity index (χ4v) is 3.00. The van der Waals surface area contributed by atoms with Crippen LogP contribution in [0.15, 0.2) is 22.8 Å². The summed E-state index contributed by atoms with van der Waals surface area (Å²) < 4.78 is 11.0. The summed E-state index contributed by atoms with van der Waals surface area (Å²) in [6.45, 7) is 9.64. The second-order valence-electron chi connectivity index (χ2n) is 6.24. The van der Waals surface area contributed by atoms with E-state index in [2.05, 4.69) is 0 Å². The summed E-state index contributed by atoms with van der Waals surface area (Å²) in [4.78, 5) is 14.6. The van der Waals surface area contributed by atoms with Crippen molar-refractivity contribution in [3.05, 3.63) is 24.2 Å². The van der Waals surface area contributed by atoms with Crippen LogP contribution in [-0.2, 0) is 16.1 Å². The van der Waals surface area contributed by atoms with Gasteiger partial charge in [-0.15, -0.1) is 0 Å². The van der Waals surface area contributed by atoms with Crippen LogP contribution in [0.25, 0.3) is 0 Å². The van der Waals surface area contributed by atoms with Crippen molar-refractivity contribution in [2.45, 2.75) is 52.3 Å². The number of nitrogens with two attached hydrogens (primary N) is 1. The summed E-state index contributed by atoms with van der Waals surface area (Å²) in [5.41, 5.74) is 5.22. The van der Waals surface area contributed by atoms with Crippen molar-refractivity contribution in [1.29, 1.82) is 0 Å². The molecule has 1 aliphatic rings. The second-order valence-corrected chi connectivity index (χ2v) is 6.24. The Kier molecular flexibility index (Phi) is 4.44. The molecule has 0 aromatic carbocycles. The Labute approximate surface area is 126 Å². The number of ether oxygens (including phenoxy) is 1. The van der Waals surface area contributed by atoms with E-state index >= 15 is 0 Å². The number of carbonyl (C=O) groups excluding carboxylic acids is 1. The van der Waals surface area contributed by atoms with Gasteiger partial charge >= 0.3 is 0 Å². The molecule has 1 saturated carbocycles. The van der Waals surface area contributed by atoms with Crippen LogP contribution in [0.1, 0.15) is 39.9 Å². The summed E-state index contributed by atoms with van der Waals surface area (Å²) in [7, 11) is 0. The lowest BCUT2D eigenvalue weighted by atomic mass is 9.54. The molecular weight excluding hydrogens is 268 g/mol. The molecule has 1 amide bonds. The van der Waals surface area contributed by atoms with Gasteiger partial charge in [0.25, 0.3) is 0 Å². The van der Waals surface area contributed by atoms with Crippen LogP contribution >= 0.6 is 0 Å². The maximum atomic E-state index is 12.9. The van der Waals surface area contributed by atoms with Gasteiger partial charge in [0.2, 0.25) is 5.91 Å². The van der Waals surface area contributed by atoms with E-state index in [-0.39, 0.29) is 17.4 Å². The highest BCUT2D eigenvalue weighted by atomic mass is 16.5. The van der Waals surface area contributed by atoms with E-state index < -0.39 is 5.54 Å². The Morgan fingerprint density at radius 2 is 2.24 bits per heavy atom. The normalized spacial score (nSPS) is 27.2. The highest BCUT2D eigenvalue weighted by Gasteiger charge is 2.63. The Bertz CT molecular complexity index is 484. The van der Waals surface area contributed by atoms with Crippen molar-refractivity contribution in [2.24, 2.45) is 11.1 Å². The summed E-state index contributed by atoms with van der Waals surface area (Å²) in [5, 5.41) is 0. The zero-order chi connectivity index (χ0) is 15.7. The first-order valence-corrected chi connectivity index (χ1v) is 7.59. The fourth-order valence-electron chi connectivity index (χ4n) is 3.00. The van der Waals surface area contributed by atoms with E-state index in [0.717, 1.165) is 5.76 Å². The quantitative estimate of drug-likeness (QED) is 0.873. The Balaban J connectivity index is 2.11. The van der Waals surface area contributed by atoms with Crippen molar-refractivity contribution in [1.82, 2.24) is 4.90 Å². The lowest BCUT2D eigenvalue weighted by molar-refractivity contribution is -0.179. The van der Waals surface area contributed by atoms with Gasteiger partial charge in [-0.2, -0.15) is 0 Å². The molecule has 0 bridgehead atoms. The zero-order valence-corrected chi connectivity index (χ0v) is 13.4. The lowest BCUT2D eigenvalue weighted by Crippen LogP contribution is -2.76. The number of rotatable bonds is 6. The molecule has 2 unspecified atom stereocenters. The smallest absolute Gasteiger partial charge is 0.243 e. The van der Waals surface area contributed by atoms with Crippen molar-refractivity contribution in [3.63, 3.8) is 0 Å². The molecule has 0 aliphatic heterocycles. The van der Waals surface area contributed by atoms with Crippen LogP contribution in [0.3, 0.4) is 0 Å². The lowest BCUT2D eigenvalue weighted by Gasteiger charge is -2.58. The van der Waals surface area contributed by atoms with E-state index in [1.807, 2.05) is 39.8 Å². The minimum Gasteiger partial charge on any atom is -0.467 e. The van der Waals surface area contributed by atoms with Crippen LogP contribution in [0.2, 0.25) is 0 Å². The number of amides is 1. The Morgan fingerprint density at radius 3 is 2.71 bits per heavy atom. The second kappa shape index (κ2) is 5.81. The van der Waals surface area contributed by atoms with E-state index in [0.29, 0.717) is 26.1 Å². The first-order valence-electron chi connectivity index (χ1n) is 7.59. The minimum absolute atomic E-state index is 0.0256. The molecule has 0 radical (unpaired) electrons. The van der Waals surface area contributed by atoms with Crippen LogP contribution in [0.5, 0.6) is 0 Å². The van der Waals surface area contributed by atoms with E-state index in [1.54, 1.807) is 11.2 Å². The van der Waals surface area contributed by atoms with Gasteiger partial charge in [0, 0.05) is 25.0 Å². The third kappa shape index (κ3) is 2.60. The molecule has 2 N–H and O–H groups in total. The molecular formula is C16H26N2O3. The van der Waals surface area contributed by atoms with Gasteiger partial charge in [0.15, 0.2) is 0 Å². The summed E-state index contributed by atoms with van der Waals surface area (Å²) in [6.07, 6.45) is 2.23. The van der Waals surface area contributed by atoms with E-state index in [9.17, 15) is 4.79 Å². The van der Waals surface area contributed by atoms with E-state index in [4.69, 9.17) is 14.9 Å². The van der Waals surface area contributed by atoms with Crippen LogP contribution in [0.4, 0.5) is 0 Å². The van der Waals surface area contributed by atoms with Gasteiger partial charge < -0.3 is 19.8 Å². The van der Waals surface area contributed by atoms with E-state index in [1.165, 1.54) is 0 Å². The first-order chi connectivity index (χ1) is 9.86. The molecule has 5 nitrogen and oxygen atoms in total. The van der Waals surface area contributed by atoms with Gasteiger partial charge in [-0.1, -0.05) is 13.8 Å². The first kappa shape index (κ1) is 16.0. The molecule has 1 aromatic heterocycles. The maximum absolute atomic E-state index is 12.9. The minimum atomic E-state index is -0.866. The van der Waals surface area contributed by atoms with Crippen LogP contribution in [-0.4, -0.2) is 35.6 Å². The maximum Gasteiger partial charge on any atom is 0.243 e. The number of hydrogen-bond acceptors (Lipinski definition) is 4. The van der Waals surface area contributed by atoms with Gasteiger partial charge in [-0.05, 0) is 26.0 Å². The average Bonchev–Trinajstić information content (AvgIpc) is 2.96. The molecule has 118 valence electrons. The number of nitrogens with zero attached hydrogens (tertiary/aromatic N) is 1. The van der Waals surface area contributed by atoms with Crippen molar-refractivity contribution in [2.75, 3.05) is 13.2 Å². The average molecular weight is 294 g/mol. The summed E-state index contributed by atoms with van der Waals surface area (Å²) in [6, 6.07) is 3.69. The van der Waals surface area contributed by atoms with Crippen LogP contribution < -0.4 is 5.73 Å². The molecule has 0 saturated heterocycles. The van der Waals surface area contributed by atoms with Crippen molar-refractivity contribution in [3.8, 4) is 0 Å². The molecule has 2 rings (SSSR count). The monoisotopic (exact) mass is 294 g/mol. The SMILES string of the molecule is CCOC1CC(N)(C(=O)N(CC)Cc2ccco2)C1(C)C. The van der Waals surface area contributed by atoms with Gasteiger partial charge in [-0.25, -0.2) is 0 Å². The van der Waals surface area contributed by atoms with Gasteiger partial charge in [0.05, 0.1) is 18.9 Å². The molecule has 1 fully saturated rings. The highest BCUT2D eigenvalue weighted by molar-refractivity contribution is 5.88. The Hall–Kier alpha value is -1.33. The predicted molar refractivity (Wildman–Crippen MR) is 80.5 cm³/mol. The third-order valence-electron chi connectivity index (χ3n) is 4.81. The number of furan rings is 1. The molecule has 1 aromatic rings. The highest BCUT2D eigenvalue weighted by Crippen LogP contribution is 2.50. The molecule has 2 atom stereocenters. The number of carbonyl (C=O) groups is 1. The molecule has 1 heterocycles. The molecule has 5 heteroatoms. The molecule has 21 heavy (non-hydrogen) atoms. The standard InChI is InChI=1S/C16H26N2O3/c1-5-18(11-12-8-7-9-21-12)14(19)16(17)10-13(20-6-2)15(16,3)4/h7-9,13H,5-6,10-11,17H2,1-4H3. The zero-order valence-electron chi connectivity index (χ0n) is 13.4. The number of hydrogen-bond donors (Lipinski definition) is 1. The Morgan fingerprint density at radius 1 is 1.52 bits per heavy atom. The third-order valence-corrected chi connectivity index (χ3v) is 4.81. The topological polar surface area (TPSA) is 68.7 Å². The molecule has 1 aliphatic carbocycles. The van der Waals surface area contributed by atoms with Crippen molar-refractivity contribution >= 4 is 5.91 Å². The van der Waals surface area contributed by atoms with Crippen LogP contribution in [0, 0.1) is 5.41 Å². The number of likely N-dealkylation sites (N-methyl/N-ethyl adjacent to an activating group) is 1.